The largest absolute Gasteiger partial charge is 0.486 e. The molecule has 1 fully saturated rings. The van der Waals surface area contributed by atoms with Gasteiger partial charge in [-0.15, -0.1) is 5.10 Å². The van der Waals surface area contributed by atoms with Crippen LogP contribution in [0.1, 0.15) is 25.8 Å². The number of thioether (sulfide) groups is 1. The lowest BCUT2D eigenvalue weighted by Gasteiger charge is -2.30. The van der Waals surface area contributed by atoms with Crippen molar-refractivity contribution in [1.82, 2.24) is 25.1 Å². The standard InChI is InChI=1S/C17H21N5O3S/c1-2-21(9-13-10-24-14-5-3-4-6-15(14)25-13)16(23)11-26-17-18-19-20-22(17)12-7-8-12/h3-6,12-13H,2,7-11H2,1H3/t13-/m1/s1. The number of aromatic nitrogens is 4. The van der Waals surface area contributed by atoms with E-state index in [1.807, 2.05) is 35.9 Å². The van der Waals surface area contributed by atoms with E-state index in [9.17, 15) is 4.79 Å². The van der Waals surface area contributed by atoms with Crippen molar-refractivity contribution in [2.24, 2.45) is 0 Å². The van der Waals surface area contributed by atoms with Gasteiger partial charge in [-0.1, -0.05) is 23.9 Å². The van der Waals surface area contributed by atoms with E-state index in [4.69, 9.17) is 9.47 Å². The molecule has 1 aromatic carbocycles. The Bertz CT molecular complexity index is 779. The first-order chi connectivity index (χ1) is 12.7. The third-order valence-electron chi connectivity index (χ3n) is 4.41. The monoisotopic (exact) mass is 375 g/mol. The molecular formula is C17H21N5O3S. The molecule has 1 atom stereocenters. The summed E-state index contributed by atoms with van der Waals surface area (Å²) in [7, 11) is 0. The van der Waals surface area contributed by atoms with Crippen molar-refractivity contribution in [3.8, 4) is 11.5 Å². The Morgan fingerprint density at radius 1 is 1.35 bits per heavy atom. The van der Waals surface area contributed by atoms with Gasteiger partial charge in [-0.3, -0.25) is 4.79 Å². The summed E-state index contributed by atoms with van der Waals surface area (Å²) >= 11 is 1.39. The number of carbonyl (C=O) groups excluding carboxylic acids is 1. The maximum Gasteiger partial charge on any atom is 0.233 e. The zero-order valence-electron chi connectivity index (χ0n) is 14.6. The average Bonchev–Trinajstić information content (AvgIpc) is 3.41. The zero-order valence-corrected chi connectivity index (χ0v) is 15.4. The number of benzene rings is 1. The minimum Gasteiger partial charge on any atom is -0.486 e. The highest BCUT2D eigenvalue weighted by atomic mass is 32.2. The van der Waals surface area contributed by atoms with Gasteiger partial charge < -0.3 is 14.4 Å². The van der Waals surface area contributed by atoms with Crippen LogP contribution in [0.5, 0.6) is 11.5 Å². The number of ether oxygens (including phenoxy) is 2. The summed E-state index contributed by atoms with van der Waals surface area (Å²) in [4.78, 5) is 14.4. The van der Waals surface area contributed by atoms with E-state index in [0.717, 1.165) is 24.3 Å². The summed E-state index contributed by atoms with van der Waals surface area (Å²) in [5.74, 6) is 1.83. The number of amides is 1. The Hall–Kier alpha value is -2.29. The number of tetrazole rings is 1. The zero-order chi connectivity index (χ0) is 17.9. The Kier molecular flexibility index (Phi) is 4.96. The number of hydrogen-bond acceptors (Lipinski definition) is 7. The lowest BCUT2D eigenvalue weighted by atomic mass is 10.2. The smallest absolute Gasteiger partial charge is 0.233 e. The predicted octanol–water partition coefficient (Wildman–Crippen LogP) is 1.79. The molecule has 1 aliphatic carbocycles. The number of nitrogens with zero attached hydrogens (tertiary/aromatic N) is 5. The summed E-state index contributed by atoms with van der Waals surface area (Å²) < 4.78 is 13.5. The number of hydrogen-bond donors (Lipinski definition) is 0. The van der Waals surface area contributed by atoms with Crippen LogP contribution in [0.4, 0.5) is 0 Å². The van der Waals surface area contributed by atoms with Gasteiger partial charge in [-0.25, -0.2) is 4.68 Å². The molecule has 2 aliphatic rings. The third kappa shape index (κ3) is 3.77. The minimum absolute atomic E-state index is 0.0466. The molecule has 138 valence electrons. The highest BCUT2D eigenvalue weighted by molar-refractivity contribution is 7.99. The summed E-state index contributed by atoms with van der Waals surface area (Å²) in [5.41, 5.74) is 0. The fourth-order valence-electron chi connectivity index (χ4n) is 2.85. The molecule has 2 heterocycles. The van der Waals surface area contributed by atoms with Gasteiger partial charge in [0, 0.05) is 6.54 Å². The molecule has 1 saturated carbocycles. The molecule has 0 unspecified atom stereocenters. The van der Waals surface area contributed by atoms with Crippen LogP contribution in [0.25, 0.3) is 0 Å². The summed E-state index contributed by atoms with van der Waals surface area (Å²) in [6.07, 6.45) is 2.04. The van der Waals surface area contributed by atoms with Gasteiger partial charge in [0.05, 0.1) is 18.3 Å². The first kappa shape index (κ1) is 17.1. The van der Waals surface area contributed by atoms with Crippen molar-refractivity contribution >= 4 is 17.7 Å². The molecule has 0 bridgehead atoms. The van der Waals surface area contributed by atoms with Crippen molar-refractivity contribution in [3.05, 3.63) is 24.3 Å². The first-order valence-electron chi connectivity index (χ1n) is 8.81. The van der Waals surface area contributed by atoms with Crippen molar-refractivity contribution in [2.75, 3.05) is 25.4 Å². The van der Waals surface area contributed by atoms with E-state index in [1.165, 1.54) is 11.8 Å². The molecule has 8 nitrogen and oxygen atoms in total. The summed E-state index contributed by atoms with van der Waals surface area (Å²) in [6, 6.07) is 7.99. The van der Waals surface area contributed by atoms with Gasteiger partial charge in [0.2, 0.25) is 11.1 Å². The van der Waals surface area contributed by atoms with Crippen molar-refractivity contribution in [2.45, 2.75) is 37.1 Å². The van der Waals surface area contributed by atoms with Crippen molar-refractivity contribution in [1.29, 1.82) is 0 Å². The van der Waals surface area contributed by atoms with Crippen molar-refractivity contribution in [3.63, 3.8) is 0 Å². The molecule has 1 aliphatic heterocycles. The highest BCUT2D eigenvalue weighted by Crippen LogP contribution is 2.36. The fraction of sp³-hybridized carbons (Fsp3) is 0.529. The lowest BCUT2D eigenvalue weighted by Crippen LogP contribution is -2.44. The molecule has 0 radical (unpaired) electrons. The SMILES string of the molecule is CCN(C[C@@H]1COc2ccccc2O1)C(=O)CSc1nnnn1C1CC1. The fourth-order valence-corrected chi connectivity index (χ4v) is 3.70. The lowest BCUT2D eigenvalue weighted by molar-refractivity contribution is -0.129. The predicted molar refractivity (Wildman–Crippen MR) is 95.4 cm³/mol. The molecule has 1 amide bonds. The van der Waals surface area contributed by atoms with E-state index in [1.54, 1.807) is 4.90 Å². The number of likely N-dealkylation sites (N-methyl/N-ethyl adjacent to an activating group) is 1. The van der Waals surface area contributed by atoms with Crippen LogP contribution < -0.4 is 9.47 Å². The Morgan fingerprint density at radius 3 is 2.92 bits per heavy atom. The van der Waals surface area contributed by atoms with Crippen LogP contribution in [-0.4, -0.2) is 62.6 Å². The molecule has 1 aromatic heterocycles. The quantitative estimate of drug-likeness (QED) is 0.682. The third-order valence-corrected chi connectivity index (χ3v) is 5.32. The molecule has 0 spiro atoms. The molecule has 0 N–H and O–H groups in total. The number of para-hydroxylation sites is 2. The number of carbonyl (C=O) groups is 1. The molecular weight excluding hydrogens is 354 g/mol. The van der Waals surface area contributed by atoms with E-state index in [2.05, 4.69) is 15.5 Å². The first-order valence-corrected chi connectivity index (χ1v) is 9.80. The van der Waals surface area contributed by atoms with Crippen LogP contribution in [0.3, 0.4) is 0 Å². The van der Waals surface area contributed by atoms with Crippen LogP contribution in [-0.2, 0) is 4.79 Å². The average molecular weight is 375 g/mol. The molecule has 2 aromatic rings. The molecule has 9 heteroatoms. The van der Waals surface area contributed by atoms with Crippen LogP contribution in [0.2, 0.25) is 0 Å². The van der Waals surface area contributed by atoms with E-state index in [0.29, 0.717) is 36.6 Å². The van der Waals surface area contributed by atoms with Gasteiger partial charge in [0.15, 0.2) is 17.6 Å². The second kappa shape index (κ2) is 7.53. The molecule has 0 saturated heterocycles. The Balaban J connectivity index is 1.32. The summed E-state index contributed by atoms with van der Waals surface area (Å²) in [5, 5.41) is 12.5. The minimum atomic E-state index is -0.171. The maximum absolute atomic E-state index is 12.6. The number of fused-ring (bicyclic) bond motifs is 1. The highest BCUT2D eigenvalue weighted by Gasteiger charge is 2.29. The van der Waals surface area contributed by atoms with Gasteiger partial charge >= 0.3 is 0 Å². The Labute approximate surface area is 155 Å². The van der Waals surface area contributed by atoms with Crippen LogP contribution in [0, 0.1) is 0 Å². The molecule has 26 heavy (non-hydrogen) atoms. The second-order valence-electron chi connectivity index (χ2n) is 6.36. The summed E-state index contributed by atoms with van der Waals surface area (Å²) in [6.45, 7) is 3.52. The number of rotatable bonds is 7. The molecule has 4 rings (SSSR count). The van der Waals surface area contributed by atoms with Gasteiger partial charge in [0.1, 0.15) is 6.61 Å². The van der Waals surface area contributed by atoms with Gasteiger partial charge in [0.25, 0.3) is 0 Å². The van der Waals surface area contributed by atoms with E-state index >= 15 is 0 Å². The van der Waals surface area contributed by atoms with Crippen LogP contribution in [0.15, 0.2) is 29.4 Å². The van der Waals surface area contributed by atoms with E-state index in [-0.39, 0.29) is 12.0 Å². The Morgan fingerprint density at radius 2 is 2.15 bits per heavy atom. The normalized spacial score (nSPS) is 18.6. The topological polar surface area (TPSA) is 82.4 Å². The van der Waals surface area contributed by atoms with Crippen molar-refractivity contribution < 1.29 is 14.3 Å². The van der Waals surface area contributed by atoms with Gasteiger partial charge in [-0.05, 0) is 42.3 Å². The maximum atomic E-state index is 12.6. The van der Waals surface area contributed by atoms with Gasteiger partial charge in [-0.2, -0.15) is 0 Å². The van der Waals surface area contributed by atoms with E-state index < -0.39 is 0 Å². The van der Waals surface area contributed by atoms with Crippen LogP contribution >= 0.6 is 11.8 Å². The second-order valence-corrected chi connectivity index (χ2v) is 7.30.